The third-order valence-corrected chi connectivity index (χ3v) is 4.39. The van der Waals surface area contributed by atoms with Crippen molar-refractivity contribution in [2.45, 2.75) is 45.2 Å². The van der Waals surface area contributed by atoms with E-state index in [9.17, 15) is 4.39 Å². The molecule has 2 unspecified atom stereocenters. The maximum Gasteiger partial charge on any atom is 0.116 e. The van der Waals surface area contributed by atoms with E-state index in [2.05, 4.69) is 17.1 Å². The summed E-state index contributed by atoms with van der Waals surface area (Å²) in [6.45, 7) is 7.39. The van der Waals surface area contributed by atoms with Crippen molar-refractivity contribution in [1.82, 2.24) is 10.2 Å². The Hall–Kier alpha value is -0.150. The molecule has 2 aliphatic rings. The average Bonchev–Trinajstić information content (AvgIpc) is 2.34. The van der Waals surface area contributed by atoms with Crippen molar-refractivity contribution in [2.24, 2.45) is 11.8 Å². The Bertz CT molecular complexity index is 216. The summed E-state index contributed by atoms with van der Waals surface area (Å²) in [5.41, 5.74) is 0. The van der Waals surface area contributed by atoms with Gasteiger partial charge in [0.05, 0.1) is 0 Å². The van der Waals surface area contributed by atoms with Gasteiger partial charge in [0.2, 0.25) is 0 Å². The SMILES string of the molecule is CCCC1CCN(CC2CCNCC2)CC1F. The molecule has 0 radical (unpaired) electrons. The van der Waals surface area contributed by atoms with Crippen LogP contribution < -0.4 is 5.32 Å². The lowest BCUT2D eigenvalue weighted by Crippen LogP contribution is -2.45. The molecular formula is C14H27FN2. The number of nitrogens with one attached hydrogen (secondary N) is 1. The molecule has 0 amide bonds. The molecule has 2 nitrogen and oxygen atoms in total. The van der Waals surface area contributed by atoms with Gasteiger partial charge >= 0.3 is 0 Å². The minimum atomic E-state index is -0.578. The van der Waals surface area contributed by atoms with Gasteiger partial charge in [0, 0.05) is 13.1 Å². The second-order valence-corrected chi connectivity index (χ2v) is 5.81. The normalized spacial score (nSPS) is 32.8. The van der Waals surface area contributed by atoms with Crippen LogP contribution in [0.15, 0.2) is 0 Å². The van der Waals surface area contributed by atoms with E-state index in [1.54, 1.807) is 0 Å². The van der Waals surface area contributed by atoms with Crippen molar-refractivity contribution < 1.29 is 4.39 Å². The Morgan fingerprint density at radius 3 is 2.65 bits per heavy atom. The third kappa shape index (κ3) is 3.92. The lowest BCUT2D eigenvalue weighted by molar-refractivity contribution is 0.0659. The van der Waals surface area contributed by atoms with Crippen molar-refractivity contribution >= 4 is 0 Å². The molecule has 0 saturated carbocycles. The van der Waals surface area contributed by atoms with Crippen LogP contribution in [0.3, 0.4) is 0 Å². The number of likely N-dealkylation sites (tertiary alicyclic amines) is 1. The van der Waals surface area contributed by atoms with E-state index in [-0.39, 0.29) is 0 Å². The van der Waals surface area contributed by atoms with Gasteiger partial charge in [-0.3, -0.25) is 0 Å². The fourth-order valence-corrected chi connectivity index (χ4v) is 3.31. The minimum absolute atomic E-state index is 0.337. The molecule has 0 aromatic carbocycles. The van der Waals surface area contributed by atoms with Crippen molar-refractivity contribution in [3.8, 4) is 0 Å². The van der Waals surface area contributed by atoms with Crippen LogP contribution >= 0.6 is 0 Å². The van der Waals surface area contributed by atoms with Crippen LogP contribution in [0.4, 0.5) is 4.39 Å². The van der Waals surface area contributed by atoms with Crippen molar-refractivity contribution in [1.29, 1.82) is 0 Å². The van der Waals surface area contributed by atoms with E-state index >= 15 is 0 Å². The van der Waals surface area contributed by atoms with Gasteiger partial charge in [0.25, 0.3) is 0 Å². The number of nitrogens with zero attached hydrogens (tertiary/aromatic N) is 1. The van der Waals surface area contributed by atoms with Crippen molar-refractivity contribution in [3.05, 3.63) is 0 Å². The summed E-state index contributed by atoms with van der Waals surface area (Å²) >= 11 is 0. The second kappa shape index (κ2) is 6.69. The highest BCUT2D eigenvalue weighted by atomic mass is 19.1. The van der Waals surface area contributed by atoms with Gasteiger partial charge in [0.15, 0.2) is 0 Å². The summed E-state index contributed by atoms with van der Waals surface area (Å²) in [6, 6.07) is 0. The van der Waals surface area contributed by atoms with Crippen LogP contribution in [-0.4, -0.2) is 43.8 Å². The molecule has 2 heterocycles. The third-order valence-electron chi connectivity index (χ3n) is 4.39. The number of piperidine rings is 2. The van der Waals surface area contributed by atoms with E-state index in [0.29, 0.717) is 12.5 Å². The summed E-state index contributed by atoms with van der Waals surface area (Å²) in [5, 5.41) is 3.39. The average molecular weight is 242 g/mol. The summed E-state index contributed by atoms with van der Waals surface area (Å²) < 4.78 is 14.0. The largest absolute Gasteiger partial charge is 0.317 e. The van der Waals surface area contributed by atoms with E-state index in [1.165, 1.54) is 12.8 Å². The van der Waals surface area contributed by atoms with E-state index in [0.717, 1.165) is 51.4 Å². The van der Waals surface area contributed by atoms with Gasteiger partial charge < -0.3 is 10.2 Å². The van der Waals surface area contributed by atoms with Crippen LogP contribution in [0.5, 0.6) is 0 Å². The van der Waals surface area contributed by atoms with E-state index in [4.69, 9.17) is 0 Å². The summed E-state index contributed by atoms with van der Waals surface area (Å²) in [4.78, 5) is 2.37. The first-order valence-electron chi connectivity index (χ1n) is 7.36. The maximum atomic E-state index is 14.0. The molecule has 0 spiro atoms. The predicted molar refractivity (Wildman–Crippen MR) is 69.9 cm³/mol. The highest BCUT2D eigenvalue weighted by molar-refractivity contribution is 4.82. The lowest BCUT2D eigenvalue weighted by Gasteiger charge is -2.37. The zero-order valence-corrected chi connectivity index (χ0v) is 11.1. The fraction of sp³-hybridized carbons (Fsp3) is 1.00. The molecule has 1 N–H and O–H groups in total. The van der Waals surface area contributed by atoms with Crippen molar-refractivity contribution in [3.63, 3.8) is 0 Å². The molecule has 2 saturated heterocycles. The first-order valence-corrected chi connectivity index (χ1v) is 7.36. The van der Waals surface area contributed by atoms with Gasteiger partial charge in [-0.15, -0.1) is 0 Å². The molecule has 0 aromatic heterocycles. The number of hydrogen-bond donors (Lipinski definition) is 1. The molecule has 2 rings (SSSR count). The highest BCUT2D eigenvalue weighted by Crippen LogP contribution is 2.26. The Morgan fingerprint density at radius 1 is 1.24 bits per heavy atom. The smallest absolute Gasteiger partial charge is 0.116 e. The zero-order valence-electron chi connectivity index (χ0n) is 11.1. The van der Waals surface area contributed by atoms with Gasteiger partial charge in [-0.25, -0.2) is 4.39 Å². The highest BCUT2D eigenvalue weighted by Gasteiger charge is 2.29. The minimum Gasteiger partial charge on any atom is -0.317 e. The van der Waals surface area contributed by atoms with Crippen LogP contribution in [0.1, 0.15) is 39.0 Å². The number of rotatable bonds is 4. The molecule has 0 aliphatic carbocycles. The molecule has 3 heteroatoms. The van der Waals surface area contributed by atoms with Crippen LogP contribution in [0.2, 0.25) is 0 Å². The molecule has 100 valence electrons. The molecule has 0 bridgehead atoms. The standard InChI is InChI=1S/C14H27FN2/c1-2-3-13-6-9-17(11-14(13)15)10-12-4-7-16-8-5-12/h12-14,16H,2-11H2,1H3. The fourth-order valence-electron chi connectivity index (χ4n) is 3.31. The summed E-state index contributed by atoms with van der Waals surface area (Å²) in [5.74, 6) is 1.13. The lowest BCUT2D eigenvalue weighted by atomic mass is 9.89. The Morgan fingerprint density at radius 2 is 2.00 bits per heavy atom. The molecular weight excluding hydrogens is 215 g/mol. The quantitative estimate of drug-likeness (QED) is 0.814. The van der Waals surface area contributed by atoms with E-state index < -0.39 is 6.17 Å². The monoisotopic (exact) mass is 242 g/mol. The van der Waals surface area contributed by atoms with Crippen LogP contribution in [0.25, 0.3) is 0 Å². The zero-order chi connectivity index (χ0) is 12.1. The van der Waals surface area contributed by atoms with Gasteiger partial charge in [-0.2, -0.15) is 0 Å². The second-order valence-electron chi connectivity index (χ2n) is 5.81. The first kappa shape index (κ1) is 13.3. The molecule has 0 aromatic rings. The van der Waals surface area contributed by atoms with Gasteiger partial charge in [-0.1, -0.05) is 13.3 Å². The maximum absolute atomic E-state index is 14.0. The summed E-state index contributed by atoms with van der Waals surface area (Å²) in [7, 11) is 0. The molecule has 17 heavy (non-hydrogen) atoms. The number of halogens is 1. The van der Waals surface area contributed by atoms with Crippen LogP contribution in [0, 0.1) is 11.8 Å². The summed E-state index contributed by atoms with van der Waals surface area (Å²) in [6.07, 6.45) is 5.23. The van der Waals surface area contributed by atoms with Gasteiger partial charge in [-0.05, 0) is 57.2 Å². The van der Waals surface area contributed by atoms with Crippen LogP contribution in [-0.2, 0) is 0 Å². The van der Waals surface area contributed by atoms with Gasteiger partial charge in [0.1, 0.15) is 6.17 Å². The Labute approximate surface area is 105 Å². The van der Waals surface area contributed by atoms with E-state index in [1.807, 2.05) is 0 Å². The molecule has 2 fully saturated rings. The van der Waals surface area contributed by atoms with Crippen molar-refractivity contribution in [2.75, 3.05) is 32.7 Å². The molecule has 2 atom stereocenters. The Balaban J connectivity index is 1.72. The molecule has 2 aliphatic heterocycles. The number of alkyl halides is 1. The predicted octanol–water partition coefficient (Wildman–Crippen LogP) is 2.45. The Kier molecular flexibility index (Phi) is 5.23. The first-order chi connectivity index (χ1) is 8.29. The topological polar surface area (TPSA) is 15.3 Å². The number of hydrogen-bond acceptors (Lipinski definition) is 2.